The fourth-order valence-corrected chi connectivity index (χ4v) is 1.80. The Morgan fingerprint density at radius 3 is 3.00 bits per heavy atom. The third kappa shape index (κ3) is 2.10. The highest BCUT2D eigenvalue weighted by molar-refractivity contribution is 6.17. The summed E-state index contributed by atoms with van der Waals surface area (Å²) in [6.45, 7) is 0. The standard InChI is InChI=1S/C12H9ClN2O2/c13-8-17-12(16)15-10(7-14)6-5-9-3-1-2-4-11(9)15/h1-6,10H,8H2. The van der Waals surface area contributed by atoms with Crippen molar-refractivity contribution in [3.8, 4) is 6.07 Å². The van der Waals surface area contributed by atoms with Crippen molar-refractivity contribution < 1.29 is 9.53 Å². The molecule has 0 bridgehead atoms. The van der Waals surface area contributed by atoms with Gasteiger partial charge in [0.25, 0.3) is 0 Å². The molecule has 0 radical (unpaired) electrons. The van der Waals surface area contributed by atoms with Gasteiger partial charge in [-0.25, -0.2) is 4.79 Å². The number of amides is 1. The van der Waals surface area contributed by atoms with Gasteiger partial charge >= 0.3 is 6.09 Å². The Hall–Kier alpha value is -1.99. The van der Waals surface area contributed by atoms with Gasteiger partial charge in [-0.3, -0.25) is 4.90 Å². The Morgan fingerprint density at radius 1 is 1.53 bits per heavy atom. The van der Waals surface area contributed by atoms with Crippen LogP contribution in [-0.4, -0.2) is 18.2 Å². The highest BCUT2D eigenvalue weighted by Gasteiger charge is 2.28. The predicted molar refractivity (Wildman–Crippen MR) is 64.6 cm³/mol. The predicted octanol–water partition coefficient (Wildman–Crippen LogP) is 2.74. The molecule has 0 fully saturated rings. The number of nitriles is 1. The average Bonchev–Trinajstić information content (AvgIpc) is 2.37. The van der Waals surface area contributed by atoms with Gasteiger partial charge in [0.2, 0.25) is 0 Å². The molecule has 0 aliphatic carbocycles. The number of alkyl halides is 1. The van der Waals surface area contributed by atoms with E-state index in [9.17, 15) is 4.79 Å². The molecule has 17 heavy (non-hydrogen) atoms. The number of ether oxygens (including phenoxy) is 1. The minimum atomic E-state index is -0.666. The second-order valence-electron chi connectivity index (χ2n) is 3.38. The number of hydrogen-bond acceptors (Lipinski definition) is 3. The molecule has 1 unspecified atom stereocenters. The summed E-state index contributed by atoms with van der Waals surface area (Å²) in [5, 5.41) is 9.02. The molecule has 1 aromatic carbocycles. The van der Waals surface area contributed by atoms with Crippen LogP contribution >= 0.6 is 11.6 Å². The van der Waals surface area contributed by atoms with Gasteiger partial charge in [0.15, 0.2) is 6.07 Å². The zero-order valence-electron chi connectivity index (χ0n) is 8.84. The number of fused-ring (bicyclic) bond motifs is 1. The van der Waals surface area contributed by atoms with E-state index in [1.54, 1.807) is 18.2 Å². The molecule has 0 saturated carbocycles. The minimum absolute atomic E-state index is 0.237. The first-order valence-corrected chi connectivity index (χ1v) is 5.50. The monoisotopic (exact) mass is 248 g/mol. The van der Waals surface area contributed by atoms with E-state index < -0.39 is 12.1 Å². The van der Waals surface area contributed by atoms with E-state index in [1.807, 2.05) is 24.3 Å². The molecule has 4 nitrogen and oxygen atoms in total. The van der Waals surface area contributed by atoms with E-state index in [-0.39, 0.29) is 6.07 Å². The van der Waals surface area contributed by atoms with Crippen LogP contribution in [0.4, 0.5) is 10.5 Å². The summed E-state index contributed by atoms with van der Waals surface area (Å²) in [6, 6.07) is 8.41. The lowest BCUT2D eigenvalue weighted by molar-refractivity contribution is 0.171. The quantitative estimate of drug-likeness (QED) is 0.718. The lowest BCUT2D eigenvalue weighted by Gasteiger charge is -2.28. The van der Waals surface area contributed by atoms with Gasteiger partial charge in [-0.05, 0) is 17.7 Å². The molecule has 1 aliphatic rings. The summed E-state index contributed by atoms with van der Waals surface area (Å²) >= 11 is 5.36. The van der Waals surface area contributed by atoms with Gasteiger partial charge in [0, 0.05) is 0 Å². The number of carbonyl (C=O) groups excluding carboxylic acids is 1. The summed E-state index contributed by atoms with van der Waals surface area (Å²) in [4.78, 5) is 13.1. The van der Waals surface area contributed by atoms with Gasteiger partial charge in [0.05, 0.1) is 11.8 Å². The third-order valence-electron chi connectivity index (χ3n) is 2.44. The van der Waals surface area contributed by atoms with Crippen molar-refractivity contribution in [3.63, 3.8) is 0 Å². The largest absolute Gasteiger partial charge is 0.433 e. The summed E-state index contributed by atoms with van der Waals surface area (Å²) < 4.78 is 4.74. The first-order chi connectivity index (χ1) is 8.27. The maximum Gasteiger partial charge on any atom is 0.416 e. The summed E-state index contributed by atoms with van der Waals surface area (Å²) in [5.74, 6) is 0. The van der Waals surface area contributed by atoms with Crippen LogP contribution in [0.5, 0.6) is 0 Å². The minimum Gasteiger partial charge on any atom is -0.433 e. The summed E-state index contributed by atoms with van der Waals surface area (Å²) in [6.07, 6.45) is 2.84. The number of anilines is 1. The molecule has 1 heterocycles. The smallest absolute Gasteiger partial charge is 0.416 e. The molecule has 2 rings (SSSR count). The maximum absolute atomic E-state index is 11.8. The van der Waals surface area contributed by atoms with Gasteiger partial charge in [-0.1, -0.05) is 35.9 Å². The van der Waals surface area contributed by atoms with Crippen molar-refractivity contribution in [1.29, 1.82) is 5.26 Å². The topological polar surface area (TPSA) is 53.3 Å². The normalized spacial score (nSPS) is 17.2. The molecule has 0 saturated heterocycles. The van der Waals surface area contributed by atoms with Crippen LogP contribution in [0.3, 0.4) is 0 Å². The number of para-hydroxylation sites is 1. The molecular weight excluding hydrogens is 240 g/mol. The Kier molecular flexibility index (Phi) is 3.31. The van der Waals surface area contributed by atoms with Gasteiger partial charge in [0.1, 0.15) is 6.04 Å². The van der Waals surface area contributed by atoms with E-state index in [0.717, 1.165) is 5.56 Å². The second-order valence-corrected chi connectivity index (χ2v) is 3.60. The zero-order valence-corrected chi connectivity index (χ0v) is 9.59. The Bertz CT molecular complexity index is 507. The molecule has 0 aromatic heterocycles. The van der Waals surface area contributed by atoms with Crippen LogP contribution in [0, 0.1) is 11.3 Å². The van der Waals surface area contributed by atoms with Crippen molar-refractivity contribution >= 4 is 29.5 Å². The molecule has 0 spiro atoms. The Labute approximate surface area is 104 Å². The van der Waals surface area contributed by atoms with E-state index in [4.69, 9.17) is 21.6 Å². The lowest BCUT2D eigenvalue weighted by Crippen LogP contribution is -2.40. The SMILES string of the molecule is N#CC1C=Cc2ccccc2N1C(=O)OCCl. The number of halogens is 1. The Morgan fingerprint density at radius 2 is 2.29 bits per heavy atom. The van der Waals surface area contributed by atoms with E-state index in [1.165, 1.54) is 4.90 Å². The zero-order chi connectivity index (χ0) is 12.3. The van der Waals surface area contributed by atoms with Crippen molar-refractivity contribution in [2.45, 2.75) is 6.04 Å². The summed E-state index contributed by atoms with van der Waals surface area (Å²) in [7, 11) is 0. The second kappa shape index (κ2) is 4.89. The maximum atomic E-state index is 11.8. The number of rotatable bonds is 1. The third-order valence-corrected chi connectivity index (χ3v) is 2.55. The van der Waals surface area contributed by atoms with E-state index in [2.05, 4.69) is 0 Å². The average molecular weight is 249 g/mol. The fraction of sp³-hybridized carbons (Fsp3) is 0.167. The van der Waals surface area contributed by atoms with E-state index in [0.29, 0.717) is 5.69 Å². The van der Waals surface area contributed by atoms with Crippen LogP contribution in [0.2, 0.25) is 0 Å². The highest BCUT2D eigenvalue weighted by Crippen LogP contribution is 2.29. The molecule has 1 amide bonds. The van der Waals surface area contributed by atoms with Crippen LogP contribution in [0.1, 0.15) is 5.56 Å². The van der Waals surface area contributed by atoms with Gasteiger partial charge in [-0.2, -0.15) is 5.26 Å². The van der Waals surface area contributed by atoms with Crippen LogP contribution < -0.4 is 4.90 Å². The Balaban J connectivity index is 2.43. The molecule has 5 heteroatoms. The van der Waals surface area contributed by atoms with Gasteiger partial charge < -0.3 is 4.74 Å². The van der Waals surface area contributed by atoms with Crippen molar-refractivity contribution in [3.05, 3.63) is 35.9 Å². The lowest BCUT2D eigenvalue weighted by atomic mass is 10.0. The van der Waals surface area contributed by atoms with Crippen molar-refractivity contribution in [1.82, 2.24) is 0 Å². The molecule has 86 valence electrons. The first kappa shape index (κ1) is 11.5. The van der Waals surface area contributed by atoms with Crippen molar-refractivity contribution in [2.24, 2.45) is 0 Å². The van der Waals surface area contributed by atoms with Crippen LogP contribution in [-0.2, 0) is 4.74 Å². The van der Waals surface area contributed by atoms with Crippen molar-refractivity contribution in [2.75, 3.05) is 11.0 Å². The number of benzene rings is 1. The number of hydrogen-bond donors (Lipinski definition) is 0. The number of nitrogens with zero attached hydrogens (tertiary/aromatic N) is 2. The highest BCUT2D eigenvalue weighted by atomic mass is 35.5. The number of carbonyl (C=O) groups is 1. The summed E-state index contributed by atoms with van der Waals surface area (Å²) in [5.41, 5.74) is 1.52. The van der Waals surface area contributed by atoms with Crippen LogP contribution in [0.25, 0.3) is 6.08 Å². The van der Waals surface area contributed by atoms with E-state index >= 15 is 0 Å². The molecular formula is C12H9ClN2O2. The van der Waals surface area contributed by atoms with Gasteiger partial charge in [-0.15, -0.1) is 0 Å². The molecule has 1 atom stereocenters. The molecule has 1 aliphatic heterocycles. The molecule has 1 aromatic rings. The fourth-order valence-electron chi connectivity index (χ4n) is 1.71. The first-order valence-electron chi connectivity index (χ1n) is 4.96. The molecule has 0 N–H and O–H groups in total. The van der Waals surface area contributed by atoms with Crippen LogP contribution in [0.15, 0.2) is 30.3 Å².